The number of piperidine rings is 1. The normalized spacial score (nSPS) is 27.4. The number of hydrogen-bond donors (Lipinski definition) is 1. The van der Waals surface area contributed by atoms with Gasteiger partial charge in [-0.1, -0.05) is 11.6 Å². The van der Waals surface area contributed by atoms with Crippen LogP contribution in [0, 0.1) is 11.8 Å². The molecule has 2 saturated carbocycles. The SMILES string of the molecule is C=N/C(NC1(C)CC1)=C(\C)C(C(=O)N1C[C@@H]2[C@H](C1)[C@H]2c1ccccn1)=C(C)C. The fourth-order valence-electron chi connectivity index (χ4n) is 4.58. The Labute approximate surface area is 167 Å². The van der Waals surface area contributed by atoms with Crippen molar-refractivity contribution in [1.29, 1.82) is 0 Å². The predicted molar refractivity (Wildman–Crippen MR) is 112 cm³/mol. The van der Waals surface area contributed by atoms with E-state index in [-0.39, 0.29) is 11.4 Å². The highest BCUT2D eigenvalue weighted by Crippen LogP contribution is 2.57. The van der Waals surface area contributed by atoms with E-state index in [1.54, 1.807) is 0 Å². The lowest BCUT2D eigenvalue weighted by Gasteiger charge is -2.24. The van der Waals surface area contributed by atoms with E-state index in [1.807, 2.05) is 44.0 Å². The predicted octanol–water partition coefficient (Wildman–Crippen LogP) is 3.66. The molecule has 5 nitrogen and oxygen atoms in total. The minimum absolute atomic E-state index is 0.0960. The van der Waals surface area contributed by atoms with Crippen molar-refractivity contribution in [3.8, 4) is 0 Å². The number of amides is 1. The molecule has 5 heteroatoms. The van der Waals surface area contributed by atoms with Crippen LogP contribution in [0.4, 0.5) is 0 Å². The van der Waals surface area contributed by atoms with Crippen molar-refractivity contribution in [2.45, 2.75) is 52.0 Å². The summed E-state index contributed by atoms with van der Waals surface area (Å²) in [5.74, 6) is 2.46. The zero-order valence-electron chi connectivity index (χ0n) is 17.3. The summed E-state index contributed by atoms with van der Waals surface area (Å²) in [4.78, 5) is 24.1. The molecule has 3 aliphatic rings. The number of fused-ring (bicyclic) bond motifs is 1. The molecule has 2 aliphatic carbocycles. The number of aromatic nitrogens is 1. The number of pyridine rings is 1. The maximum atomic E-state index is 13.4. The molecular weight excluding hydrogens is 348 g/mol. The number of nitrogens with zero attached hydrogens (tertiary/aromatic N) is 3. The fraction of sp³-hybridized carbons (Fsp3) is 0.522. The van der Waals surface area contributed by atoms with Gasteiger partial charge in [0.25, 0.3) is 5.91 Å². The van der Waals surface area contributed by atoms with Crippen LogP contribution in [-0.2, 0) is 4.79 Å². The molecular formula is C23H30N4O. The molecule has 0 spiro atoms. The summed E-state index contributed by atoms with van der Waals surface area (Å²) in [6.07, 6.45) is 4.11. The van der Waals surface area contributed by atoms with Crippen LogP contribution in [0.5, 0.6) is 0 Å². The number of likely N-dealkylation sites (tertiary alicyclic amines) is 1. The molecule has 1 amide bonds. The third kappa shape index (κ3) is 3.38. The van der Waals surface area contributed by atoms with Gasteiger partial charge in [-0.05, 0) is 71.2 Å². The van der Waals surface area contributed by atoms with Crippen molar-refractivity contribution in [3.63, 3.8) is 0 Å². The first-order valence-electron chi connectivity index (χ1n) is 10.2. The number of carbonyl (C=O) groups excluding carboxylic acids is 1. The zero-order valence-corrected chi connectivity index (χ0v) is 17.3. The molecule has 2 heterocycles. The molecule has 1 saturated heterocycles. The summed E-state index contributed by atoms with van der Waals surface area (Å²) in [5.41, 5.74) is 3.96. The molecule has 0 radical (unpaired) electrons. The number of hydrogen-bond acceptors (Lipinski definition) is 4. The molecule has 148 valence electrons. The molecule has 1 aliphatic heterocycles. The van der Waals surface area contributed by atoms with Crippen LogP contribution in [-0.4, -0.2) is 41.1 Å². The van der Waals surface area contributed by atoms with E-state index in [1.165, 1.54) is 5.69 Å². The first kappa shape index (κ1) is 18.9. The van der Waals surface area contributed by atoms with Crippen LogP contribution in [0.1, 0.15) is 52.1 Å². The van der Waals surface area contributed by atoms with Gasteiger partial charge in [-0.25, -0.2) is 4.99 Å². The van der Waals surface area contributed by atoms with E-state index in [0.29, 0.717) is 17.8 Å². The summed E-state index contributed by atoms with van der Waals surface area (Å²) < 4.78 is 0. The first-order valence-corrected chi connectivity index (χ1v) is 10.2. The average Bonchev–Trinajstić information content (AvgIpc) is 3.53. The maximum Gasteiger partial charge on any atom is 0.254 e. The molecule has 1 N–H and O–H groups in total. The van der Waals surface area contributed by atoms with Gasteiger partial charge >= 0.3 is 0 Å². The molecule has 3 atom stereocenters. The Kier molecular flexibility index (Phi) is 4.64. The van der Waals surface area contributed by atoms with Crippen LogP contribution < -0.4 is 5.32 Å². The highest BCUT2D eigenvalue weighted by molar-refractivity contribution is 5.98. The van der Waals surface area contributed by atoms with E-state index >= 15 is 0 Å². The van der Waals surface area contributed by atoms with Gasteiger partial charge < -0.3 is 10.2 Å². The van der Waals surface area contributed by atoms with Crippen molar-refractivity contribution >= 4 is 12.6 Å². The van der Waals surface area contributed by atoms with E-state index in [9.17, 15) is 4.79 Å². The first-order chi connectivity index (χ1) is 13.3. The smallest absolute Gasteiger partial charge is 0.254 e. The highest BCUT2D eigenvalue weighted by atomic mass is 16.2. The standard InChI is InChI=1S/C23H30N4O/c1-14(2)19(15(3)21(24-5)26-23(4)9-10-23)22(28)27-12-16-17(13-27)20(16)18-8-6-7-11-25-18/h6-8,11,16-17,20,26H,5,9-10,12-13H2,1-4H3/b21-15-/t16-,17+,20+. The largest absolute Gasteiger partial charge is 0.365 e. The Morgan fingerprint density at radius 1 is 1.25 bits per heavy atom. The van der Waals surface area contributed by atoms with Gasteiger partial charge in [0, 0.05) is 47.6 Å². The third-order valence-corrected chi connectivity index (χ3v) is 6.53. The minimum Gasteiger partial charge on any atom is -0.365 e. The van der Waals surface area contributed by atoms with Crippen LogP contribution >= 0.6 is 0 Å². The number of allylic oxidation sites excluding steroid dienone is 1. The van der Waals surface area contributed by atoms with E-state index in [4.69, 9.17) is 0 Å². The van der Waals surface area contributed by atoms with Crippen molar-refractivity contribution in [2.24, 2.45) is 16.8 Å². The molecule has 0 unspecified atom stereocenters. The topological polar surface area (TPSA) is 57.6 Å². The number of carbonyl (C=O) groups is 1. The summed E-state index contributed by atoms with van der Waals surface area (Å²) >= 11 is 0. The lowest BCUT2D eigenvalue weighted by Crippen LogP contribution is -2.34. The van der Waals surface area contributed by atoms with Gasteiger partial charge in [-0.3, -0.25) is 9.78 Å². The summed E-state index contributed by atoms with van der Waals surface area (Å²) in [6.45, 7) is 13.5. The Bertz CT molecular complexity index is 850. The molecule has 0 bridgehead atoms. The quantitative estimate of drug-likeness (QED) is 0.467. The summed E-state index contributed by atoms with van der Waals surface area (Å²) in [5, 5.41) is 3.48. The van der Waals surface area contributed by atoms with Crippen molar-refractivity contribution in [3.05, 3.63) is 52.6 Å². The summed E-state index contributed by atoms with van der Waals surface area (Å²) in [7, 11) is 0. The maximum absolute atomic E-state index is 13.4. The monoisotopic (exact) mass is 378 g/mol. The van der Waals surface area contributed by atoms with Gasteiger partial charge in [-0.2, -0.15) is 0 Å². The molecule has 0 aromatic carbocycles. The Morgan fingerprint density at radius 2 is 1.93 bits per heavy atom. The van der Waals surface area contributed by atoms with E-state index in [2.05, 4.69) is 35.0 Å². The van der Waals surface area contributed by atoms with Crippen molar-refractivity contribution < 1.29 is 4.79 Å². The van der Waals surface area contributed by atoms with E-state index < -0.39 is 0 Å². The van der Waals surface area contributed by atoms with Gasteiger partial charge in [0.2, 0.25) is 0 Å². The number of rotatable bonds is 6. The van der Waals surface area contributed by atoms with Crippen LogP contribution in [0.15, 0.2) is 51.9 Å². The highest BCUT2D eigenvalue weighted by Gasteiger charge is 2.58. The molecule has 28 heavy (non-hydrogen) atoms. The lowest BCUT2D eigenvalue weighted by molar-refractivity contribution is -0.126. The Balaban J connectivity index is 1.49. The zero-order chi connectivity index (χ0) is 20.1. The molecule has 1 aromatic heterocycles. The number of nitrogens with one attached hydrogen (secondary N) is 1. The Morgan fingerprint density at radius 3 is 2.43 bits per heavy atom. The Hall–Kier alpha value is -2.43. The molecule has 4 rings (SSSR count). The second kappa shape index (κ2) is 6.87. The average molecular weight is 379 g/mol. The van der Waals surface area contributed by atoms with Crippen molar-refractivity contribution in [1.82, 2.24) is 15.2 Å². The summed E-state index contributed by atoms with van der Waals surface area (Å²) in [6, 6.07) is 6.11. The van der Waals surface area contributed by atoms with Crippen LogP contribution in [0.3, 0.4) is 0 Å². The van der Waals surface area contributed by atoms with Crippen molar-refractivity contribution in [2.75, 3.05) is 13.1 Å². The second-order valence-electron chi connectivity index (χ2n) is 9.01. The van der Waals surface area contributed by atoms with Gasteiger partial charge in [-0.15, -0.1) is 0 Å². The van der Waals surface area contributed by atoms with Crippen LogP contribution in [0.25, 0.3) is 0 Å². The molecule has 3 fully saturated rings. The second-order valence-corrected chi connectivity index (χ2v) is 9.01. The van der Waals surface area contributed by atoms with Crippen LogP contribution in [0.2, 0.25) is 0 Å². The minimum atomic E-state index is 0.0960. The fourth-order valence-corrected chi connectivity index (χ4v) is 4.58. The van der Waals surface area contributed by atoms with Gasteiger partial charge in [0.15, 0.2) is 0 Å². The lowest BCUT2D eigenvalue weighted by atomic mass is 10.0. The van der Waals surface area contributed by atoms with Gasteiger partial charge in [0.05, 0.1) is 0 Å². The van der Waals surface area contributed by atoms with Gasteiger partial charge in [0.1, 0.15) is 5.82 Å². The number of aliphatic imine (C=N–C) groups is 1. The third-order valence-electron chi connectivity index (χ3n) is 6.53. The molecule has 1 aromatic rings. The van der Waals surface area contributed by atoms with E-state index in [0.717, 1.165) is 48.5 Å².